The Hall–Kier alpha value is -2.39. The van der Waals surface area contributed by atoms with E-state index in [4.69, 9.17) is 0 Å². The number of aliphatic hydroxyl groups is 1. The summed E-state index contributed by atoms with van der Waals surface area (Å²) in [6, 6.07) is 5.88. The Morgan fingerprint density at radius 2 is 2.00 bits per heavy atom. The number of halogens is 1. The van der Waals surface area contributed by atoms with Gasteiger partial charge in [-0.25, -0.2) is 9.37 Å². The van der Waals surface area contributed by atoms with Crippen LogP contribution in [-0.2, 0) is 29.3 Å². The maximum atomic E-state index is 12.8. The maximum Gasteiger partial charge on any atom is 0.239 e. The van der Waals surface area contributed by atoms with Crippen LogP contribution in [0.1, 0.15) is 11.3 Å². The van der Waals surface area contributed by atoms with Crippen molar-refractivity contribution in [2.24, 2.45) is 0 Å². The average Bonchev–Trinajstić information content (AvgIpc) is 3.01. The lowest BCUT2D eigenvalue weighted by atomic mass is 10.2. The molecule has 2 aromatic rings. The standard InChI is InChI=1S/C16H19FN4O3S/c1-18-14(23)8-21-13(9-22)7-20-16(21)25-10-15(24)19-6-11-2-4-12(17)5-3-11/h2-5,7,22H,6,8-10H2,1H3,(H,18,23)(H,19,24). The van der Waals surface area contributed by atoms with E-state index in [9.17, 15) is 19.1 Å². The van der Waals surface area contributed by atoms with Crippen LogP contribution in [0.25, 0.3) is 0 Å². The van der Waals surface area contributed by atoms with Gasteiger partial charge in [-0.1, -0.05) is 23.9 Å². The molecular formula is C16H19FN4O3S. The van der Waals surface area contributed by atoms with Crippen molar-refractivity contribution in [3.8, 4) is 0 Å². The highest BCUT2D eigenvalue weighted by molar-refractivity contribution is 7.99. The van der Waals surface area contributed by atoms with E-state index in [1.165, 1.54) is 37.1 Å². The molecule has 0 spiro atoms. The van der Waals surface area contributed by atoms with Gasteiger partial charge in [-0.15, -0.1) is 0 Å². The van der Waals surface area contributed by atoms with Crippen LogP contribution >= 0.6 is 11.8 Å². The zero-order valence-electron chi connectivity index (χ0n) is 13.7. The molecule has 7 nitrogen and oxygen atoms in total. The zero-order valence-corrected chi connectivity index (χ0v) is 14.5. The van der Waals surface area contributed by atoms with Gasteiger partial charge in [0.15, 0.2) is 5.16 Å². The fourth-order valence-electron chi connectivity index (χ4n) is 2.01. The first-order valence-corrected chi connectivity index (χ1v) is 8.51. The molecule has 0 radical (unpaired) electrons. The number of nitrogens with zero attached hydrogens (tertiary/aromatic N) is 2. The molecule has 0 aliphatic carbocycles. The van der Waals surface area contributed by atoms with Crippen LogP contribution in [0.15, 0.2) is 35.6 Å². The summed E-state index contributed by atoms with van der Waals surface area (Å²) in [5, 5.41) is 15.0. The number of imidazole rings is 1. The molecule has 2 amide bonds. The first-order chi connectivity index (χ1) is 12.0. The molecule has 0 saturated carbocycles. The largest absolute Gasteiger partial charge is 0.390 e. The minimum Gasteiger partial charge on any atom is -0.390 e. The molecule has 2 rings (SSSR count). The lowest BCUT2D eigenvalue weighted by molar-refractivity contribution is -0.121. The topological polar surface area (TPSA) is 96.2 Å². The van der Waals surface area contributed by atoms with E-state index in [2.05, 4.69) is 15.6 Å². The molecule has 3 N–H and O–H groups in total. The number of hydrogen-bond acceptors (Lipinski definition) is 5. The summed E-state index contributed by atoms with van der Waals surface area (Å²) in [6.45, 7) is 0.0709. The van der Waals surface area contributed by atoms with Crippen molar-refractivity contribution in [1.82, 2.24) is 20.2 Å². The van der Waals surface area contributed by atoms with Crippen LogP contribution in [0.3, 0.4) is 0 Å². The normalized spacial score (nSPS) is 10.5. The first-order valence-electron chi connectivity index (χ1n) is 7.53. The number of carbonyl (C=O) groups is 2. The SMILES string of the molecule is CNC(=O)Cn1c(CO)cnc1SCC(=O)NCc1ccc(F)cc1. The van der Waals surface area contributed by atoms with E-state index in [1.54, 1.807) is 16.7 Å². The van der Waals surface area contributed by atoms with E-state index >= 15 is 0 Å². The van der Waals surface area contributed by atoms with Crippen molar-refractivity contribution in [3.63, 3.8) is 0 Å². The smallest absolute Gasteiger partial charge is 0.239 e. The monoisotopic (exact) mass is 366 g/mol. The molecule has 0 fully saturated rings. The summed E-state index contributed by atoms with van der Waals surface area (Å²) in [5.41, 5.74) is 1.29. The fourth-order valence-corrected chi connectivity index (χ4v) is 2.84. The number of thioether (sulfide) groups is 1. The predicted octanol–water partition coefficient (Wildman–Crippen LogP) is 0.669. The van der Waals surface area contributed by atoms with E-state index in [0.29, 0.717) is 17.4 Å². The van der Waals surface area contributed by atoms with E-state index in [1.807, 2.05) is 0 Å². The quantitative estimate of drug-likeness (QED) is 0.597. The van der Waals surface area contributed by atoms with Gasteiger partial charge < -0.3 is 20.3 Å². The molecule has 1 aromatic heterocycles. The van der Waals surface area contributed by atoms with Gasteiger partial charge in [-0.3, -0.25) is 9.59 Å². The van der Waals surface area contributed by atoms with Crippen molar-refractivity contribution in [1.29, 1.82) is 0 Å². The number of hydrogen-bond donors (Lipinski definition) is 3. The van der Waals surface area contributed by atoms with E-state index in [0.717, 1.165) is 5.56 Å². The second kappa shape index (κ2) is 9.19. The molecule has 25 heavy (non-hydrogen) atoms. The second-order valence-corrected chi connectivity index (χ2v) is 6.08. The molecule has 0 unspecified atom stereocenters. The molecule has 0 aliphatic heterocycles. The fraction of sp³-hybridized carbons (Fsp3) is 0.312. The molecular weight excluding hydrogens is 347 g/mol. The van der Waals surface area contributed by atoms with Crippen molar-refractivity contribution in [3.05, 3.63) is 47.5 Å². The Kier molecular flexibility index (Phi) is 6.96. The maximum absolute atomic E-state index is 12.8. The lowest BCUT2D eigenvalue weighted by Gasteiger charge is -2.10. The van der Waals surface area contributed by atoms with Crippen molar-refractivity contribution in [2.45, 2.75) is 24.9 Å². The van der Waals surface area contributed by atoms with Crippen LogP contribution in [-0.4, -0.2) is 39.3 Å². The third-order valence-corrected chi connectivity index (χ3v) is 4.37. The van der Waals surface area contributed by atoms with Crippen LogP contribution in [0.4, 0.5) is 4.39 Å². The summed E-state index contributed by atoms with van der Waals surface area (Å²) in [5.74, 6) is -0.658. The number of rotatable bonds is 8. The van der Waals surface area contributed by atoms with Gasteiger partial charge in [-0.2, -0.15) is 0 Å². The number of aliphatic hydroxyl groups excluding tert-OH is 1. The van der Waals surface area contributed by atoms with Crippen LogP contribution in [0, 0.1) is 5.82 Å². The third-order valence-electron chi connectivity index (χ3n) is 3.38. The molecule has 1 heterocycles. The molecule has 0 atom stereocenters. The molecule has 0 aliphatic rings. The highest BCUT2D eigenvalue weighted by atomic mass is 32.2. The Bertz CT molecular complexity index is 733. The van der Waals surface area contributed by atoms with Crippen LogP contribution < -0.4 is 10.6 Å². The number of likely N-dealkylation sites (N-methyl/N-ethyl adjacent to an activating group) is 1. The van der Waals surface area contributed by atoms with Crippen molar-refractivity contribution < 1.29 is 19.1 Å². The van der Waals surface area contributed by atoms with E-state index < -0.39 is 0 Å². The summed E-state index contributed by atoms with van der Waals surface area (Å²) in [7, 11) is 1.52. The summed E-state index contributed by atoms with van der Waals surface area (Å²) < 4.78 is 14.4. The number of amides is 2. The number of aromatic nitrogens is 2. The summed E-state index contributed by atoms with van der Waals surface area (Å²) >= 11 is 1.17. The van der Waals surface area contributed by atoms with E-state index in [-0.39, 0.29) is 36.5 Å². The number of carbonyl (C=O) groups excluding carboxylic acids is 2. The first kappa shape index (κ1) is 18.9. The molecule has 1 aromatic carbocycles. The highest BCUT2D eigenvalue weighted by Gasteiger charge is 2.14. The van der Waals surface area contributed by atoms with Crippen molar-refractivity contribution >= 4 is 23.6 Å². The second-order valence-electron chi connectivity index (χ2n) is 5.14. The Balaban J connectivity index is 1.89. The zero-order chi connectivity index (χ0) is 18.2. The Labute approximate surface area is 148 Å². The lowest BCUT2D eigenvalue weighted by Crippen LogP contribution is -2.26. The predicted molar refractivity (Wildman–Crippen MR) is 91.2 cm³/mol. The third kappa shape index (κ3) is 5.57. The average molecular weight is 366 g/mol. The summed E-state index contributed by atoms with van der Waals surface area (Å²) in [4.78, 5) is 27.7. The summed E-state index contributed by atoms with van der Waals surface area (Å²) in [6.07, 6.45) is 1.47. The number of nitrogens with one attached hydrogen (secondary N) is 2. The molecule has 9 heteroatoms. The van der Waals surface area contributed by atoms with Gasteiger partial charge in [0.25, 0.3) is 0 Å². The number of benzene rings is 1. The molecule has 0 saturated heterocycles. The molecule has 0 bridgehead atoms. The molecule has 134 valence electrons. The van der Waals surface area contributed by atoms with Gasteiger partial charge in [0.1, 0.15) is 12.4 Å². The Morgan fingerprint density at radius 1 is 1.28 bits per heavy atom. The van der Waals surface area contributed by atoms with Gasteiger partial charge >= 0.3 is 0 Å². The minimum absolute atomic E-state index is 0.0198. The minimum atomic E-state index is -0.326. The van der Waals surface area contributed by atoms with Crippen LogP contribution in [0.2, 0.25) is 0 Å². The van der Waals surface area contributed by atoms with Gasteiger partial charge in [0.05, 0.1) is 24.3 Å². The van der Waals surface area contributed by atoms with Gasteiger partial charge in [0.2, 0.25) is 11.8 Å². The highest BCUT2D eigenvalue weighted by Crippen LogP contribution is 2.18. The van der Waals surface area contributed by atoms with Gasteiger partial charge in [-0.05, 0) is 17.7 Å². The Morgan fingerprint density at radius 3 is 2.64 bits per heavy atom. The van der Waals surface area contributed by atoms with Gasteiger partial charge in [0, 0.05) is 13.6 Å². The van der Waals surface area contributed by atoms with Crippen LogP contribution in [0.5, 0.6) is 0 Å². The van der Waals surface area contributed by atoms with Crippen molar-refractivity contribution in [2.75, 3.05) is 12.8 Å².